The molecule has 6 heteroatoms. The number of thiophene rings is 1. The van der Waals surface area contributed by atoms with Gasteiger partial charge in [-0.05, 0) is 40.2 Å². The van der Waals surface area contributed by atoms with Crippen molar-refractivity contribution < 1.29 is 14.3 Å². The predicted octanol–water partition coefficient (Wildman–Crippen LogP) is 4.43. The number of hydrogen-bond acceptors (Lipinski definition) is 4. The molecule has 0 bridgehead atoms. The fourth-order valence-corrected chi connectivity index (χ4v) is 3.46. The SMILES string of the molecule is O=C(/C=C/c1ccc(Br)s1)OCC(=O)c1c[nH]c2ccccc12. The highest BCUT2D eigenvalue weighted by molar-refractivity contribution is 9.11. The lowest BCUT2D eigenvalue weighted by molar-refractivity contribution is -0.136. The molecule has 3 rings (SSSR count). The van der Waals surface area contributed by atoms with Crippen LogP contribution in [0.2, 0.25) is 0 Å². The second kappa shape index (κ2) is 6.93. The first-order valence-electron chi connectivity index (χ1n) is 6.83. The summed E-state index contributed by atoms with van der Waals surface area (Å²) in [6.45, 7) is -0.279. The number of esters is 1. The van der Waals surface area contributed by atoms with E-state index >= 15 is 0 Å². The zero-order valence-corrected chi connectivity index (χ0v) is 14.3. The van der Waals surface area contributed by atoms with E-state index in [2.05, 4.69) is 20.9 Å². The number of aromatic nitrogens is 1. The van der Waals surface area contributed by atoms with Gasteiger partial charge in [0.2, 0.25) is 5.78 Å². The molecule has 0 radical (unpaired) electrons. The Morgan fingerprint density at radius 3 is 2.83 bits per heavy atom. The molecule has 2 heterocycles. The van der Waals surface area contributed by atoms with Crippen LogP contribution in [0.1, 0.15) is 15.2 Å². The van der Waals surface area contributed by atoms with Gasteiger partial charge in [0.1, 0.15) is 0 Å². The van der Waals surface area contributed by atoms with Crippen LogP contribution in [0.25, 0.3) is 17.0 Å². The van der Waals surface area contributed by atoms with Crippen LogP contribution in [0.15, 0.2) is 52.5 Å². The molecule has 116 valence electrons. The molecule has 0 fully saturated rings. The van der Waals surface area contributed by atoms with Crippen molar-refractivity contribution >= 4 is 56.0 Å². The molecule has 0 amide bonds. The maximum atomic E-state index is 12.2. The molecule has 3 aromatic rings. The Balaban J connectivity index is 1.60. The number of aromatic amines is 1. The third-order valence-electron chi connectivity index (χ3n) is 3.21. The van der Waals surface area contributed by atoms with Crippen molar-refractivity contribution in [1.29, 1.82) is 0 Å². The fraction of sp³-hybridized carbons (Fsp3) is 0.0588. The molecule has 0 aliphatic rings. The van der Waals surface area contributed by atoms with E-state index in [4.69, 9.17) is 4.74 Å². The second-order valence-corrected chi connectivity index (χ2v) is 7.25. The summed E-state index contributed by atoms with van der Waals surface area (Å²) >= 11 is 4.86. The number of ether oxygens (including phenoxy) is 1. The third kappa shape index (κ3) is 3.78. The maximum absolute atomic E-state index is 12.2. The molecule has 0 unspecified atom stereocenters. The summed E-state index contributed by atoms with van der Waals surface area (Å²) in [7, 11) is 0. The van der Waals surface area contributed by atoms with Crippen molar-refractivity contribution in [1.82, 2.24) is 4.98 Å². The molecule has 23 heavy (non-hydrogen) atoms. The van der Waals surface area contributed by atoms with Gasteiger partial charge in [0.15, 0.2) is 6.61 Å². The Kier molecular flexibility index (Phi) is 4.73. The summed E-state index contributed by atoms with van der Waals surface area (Å²) in [5.41, 5.74) is 1.41. The summed E-state index contributed by atoms with van der Waals surface area (Å²) in [6.07, 6.45) is 4.62. The van der Waals surface area contributed by atoms with Gasteiger partial charge in [0, 0.05) is 33.6 Å². The number of carbonyl (C=O) groups excluding carboxylic acids is 2. The second-order valence-electron chi connectivity index (χ2n) is 4.75. The maximum Gasteiger partial charge on any atom is 0.331 e. The van der Waals surface area contributed by atoms with Crippen molar-refractivity contribution in [2.24, 2.45) is 0 Å². The zero-order valence-electron chi connectivity index (χ0n) is 11.9. The molecule has 2 aromatic heterocycles. The Bertz CT molecular complexity index is 894. The number of para-hydroxylation sites is 1. The van der Waals surface area contributed by atoms with Gasteiger partial charge in [-0.3, -0.25) is 4.79 Å². The number of H-pyrrole nitrogens is 1. The van der Waals surface area contributed by atoms with E-state index in [-0.39, 0.29) is 12.4 Å². The summed E-state index contributed by atoms with van der Waals surface area (Å²) in [6, 6.07) is 11.3. The Labute approximate surface area is 144 Å². The van der Waals surface area contributed by atoms with E-state index in [0.29, 0.717) is 5.56 Å². The highest BCUT2D eigenvalue weighted by Crippen LogP contribution is 2.23. The number of ketones is 1. The summed E-state index contributed by atoms with van der Waals surface area (Å²) in [5, 5.41) is 0.826. The number of fused-ring (bicyclic) bond motifs is 1. The molecule has 0 atom stereocenters. The van der Waals surface area contributed by atoms with E-state index in [1.54, 1.807) is 12.3 Å². The van der Waals surface area contributed by atoms with Gasteiger partial charge in [-0.15, -0.1) is 11.3 Å². The average molecular weight is 390 g/mol. The number of rotatable bonds is 5. The van der Waals surface area contributed by atoms with Crippen molar-refractivity contribution in [3.05, 3.63) is 62.9 Å². The predicted molar refractivity (Wildman–Crippen MR) is 94.6 cm³/mol. The van der Waals surface area contributed by atoms with Gasteiger partial charge in [0.25, 0.3) is 0 Å². The monoisotopic (exact) mass is 389 g/mol. The fourth-order valence-electron chi connectivity index (χ4n) is 2.13. The quantitative estimate of drug-likeness (QED) is 0.398. The highest BCUT2D eigenvalue weighted by atomic mass is 79.9. The topological polar surface area (TPSA) is 59.2 Å². The van der Waals surface area contributed by atoms with Gasteiger partial charge in [-0.1, -0.05) is 18.2 Å². The van der Waals surface area contributed by atoms with Crippen molar-refractivity contribution in [2.45, 2.75) is 0 Å². The van der Waals surface area contributed by atoms with Gasteiger partial charge in [0.05, 0.1) is 3.79 Å². The molecule has 0 saturated heterocycles. The molecular formula is C17H12BrNO3S. The van der Waals surface area contributed by atoms with Crippen LogP contribution >= 0.6 is 27.3 Å². The number of Topliss-reactive ketones (excluding diaryl/α,β-unsaturated/α-hetero) is 1. The molecule has 1 aromatic carbocycles. The van der Waals surface area contributed by atoms with Crippen LogP contribution in [0.3, 0.4) is 0 Å². The van der Waals surface area contributed by atoms with Crippen LogP contribution in [0.4, 0.5) is 0 Å². The molecule has 0 aliphatic carbocycles. The smallest absolute Gasteiger partial charge is 0.331 e. The first kappa shape index (κ1) is 15.7. The van der Waals surface area contributed by atoms with E-state index in [0.717, 1.165) is 19.6 Å². The number of hydrogen-bond donors (Lipinski definition) is 1. The first-order valence-corrected chi connectivity index (χ1v) is 8.44. The first-order chi connectivity index (χ1) is 11.1. The minimum atomic E-state index is -0.539. The van der Waals surface area contributed by atoms with E-state index < -0.39 is 5.97 Å². The van der Waals surface area contributed by atoms with Crippen LogP contribution in [0.5, 0.6) is 0 Å². The zero-order chi connectivity index (χ0) is 16.2. The summed E-state index contributed by atoms with van der Waals surface area (Å²) < 4.78 is 5.99. The van der Waals surface area contributed by atoms with Crippen LogP contribution in [-0.2, 0) is 9.53 Å². The standard InChI is InChI=1S/C17H12BrNO3S/c18-16-7-5-11(23-16)6-8-17(21)22-10-15(20)13-9-19-14-4-2-1-3-12(13)14/h1-9,19H,10H2/b8-6+. The van der Waals surface area contributed by atoms with Gasteiger partial charge < -0.3 is 9.72 Å². The van der Waals surface area contributed by atoms with E-state index in [1.165, 1.54) is 17.4 Å². The lowest BCUT2D eigenvalue weighted by Crippen LogP contribution is -2.12. The van der Waals surface area contributed by atoms with E-state index in [1.807, 2.05) is 36.4 Å². The van der Waals surface area contributed by atoms with Crippen LogP contribution in [-0.4, -0.2) is 23.3 Å². The minimum Gasteiger partial charge on any atom is -0.454 e. The normalized spacial score (nSPS) is 11.2. The summed E-state index contributed by atoms with van der Waals surface area (Å²) in [5.74, 6) is -0.772. The number of carbonyl (C=O) groups is 2. The van der Waals surface area contributed by atoms with Gasteiger partial charge >= 0.3 is 5.97 Å². The molecule has 0 aliphatic heterocycles. The lowest BCUT2D eigenvalue weighted by Gasteiger charge is -2.00. The Morgan fingerprint density at radius 2 is 2.04 bits per heavy atom. The molecule has 0 spiro atoms. The highest BCUT2D eigenvalue weighted by Gasteiger charge is 2.13. The Hall–Kier alpha value is -2.18. The number of benzene rings is 1. The number of nitrogens with one attached hydrogen (secondary N) is 1. The largest absolute Gasteiger partial charge is 0.454 e. The van der Waals surface area contributed by atoms with Crippen molar-refractivity contribution in [3.63, 3.8) is 0 Å². The molecule has 1 N–H and O–H groups in total. The van der Waals surface area contributed by atoms with Crippen LogP contribution < -0.4 is 0 Å². The molecular weight excluding hydrogens is 378 g/mol. The van der Waals surface area contributed by atoms with Gasteiger partial charge in [-0.25, -0.2) is 4.79 Å². The summed E-state index contributed by atoms with van der Waals surface area (Å²) in [4.78, 5) is 27.8. The molecule has 4 nitrogen and oxygen atoms in total. The minimum absolute atomic E-state index is 0.233. The third-order valence-corrected chi connectivity index (χ3v) is 4.80. The number of halogens is 1. The van der Waals surface area contributed by atoms with Crippen molar-refractivity contribution in [3.8, 4) is 0 Å². The average Bonchev–Trinajstić information content (AvgIpc) is 3.16. The molecule has 0 saturated carbocycles. The van der Waals surface area contributed by atoms with Crippen LogP contribution in [0, 0.1) is 0 Å². The van der Waals surface area contributed by atoms with Crippen molar-refractivity contribution in [2.75, 3.05) is 6.61 Å². The lowest BCUT2D eigenvalue weighted by atomic mass is 10.1. The Morgan fingerprint density at radius 1 is 1.22 bits per heavy atom. The van der Waals surface area contributed by atoms with E-state index in [9.17, 15) is 9.59 Å². The van der Waals surface area contributed by atoms with Gasteiger partial charge in [-0.2, -0.15) is 0 Å².